The maximum Gasteiger partial charge on any atom is 0.350 e. The molecule has 2 aromatic rings. The van der Waals surface area contributed by atoms with Crippen molar-refractivity contribution < 1.29 is 14.6 Å². The van der Waals surface area contributed by atoms with Gasteiger partial charge < -0.3 is 9.84 Å². The number of carboxylic acid groups (broad SMARTS) is 1. The maximum atomic E-state index is 10.8. The van der Waals surface area contributed by atoms with Crippen molar-refractivity contribution in [2.75, 3.05) is 0 Å². The van der Waals surface area contributed by atoms with Gasteiger partial charge in [-0.1, -0.05) is 54.6 Å². The Bertz CT molecular complexity index is 731. The van der Waals surface area contributed by atoms with Crippen molar-refractivity contribution in [2.24, 2.45) is 4.99 Å². The molecule has 110 valence electrons. The number of nitrogens with zero attached hydrogens (tertiary/aromatic N) is 1. The molecule has 2 aromatic carbocycles. The molecule has 0 radical (unpaired) electrons. The smallest absolute Gasteiger partial charge is 0.350 e. The summed E-state index contributed by atoms with van der Waals surface area (Å²) in [5.74, 6) is -0.411. The largest absolute Gasteiger partial charge is 0.491 e. The molecule has 0 aliphatic carbocycles. The summed E-state index contributed by atoms with van der Waals surface area (Å²) in [6, 6.07) is 18.3. The molecule has 0 saturated heterocycles. The summed E-state index contributed by atoms with van der Waals surface area (Å²) in [6.45, 7) is 0.406. The fraction of sp³-hybridized carbons (Fsp3) is 0.111. The van der Waals surface area contributed by atoms with Gasteiger partial charge in [0.1, 0.15) is 18.1 Å². The zero-order valence-electron chi connectivity index (χ0n) is 11.9. The fourth-order valence-corrected chi connectivity index (χ4v) is 2.23. The van der Waals surface area contributed by atoms with Crippen LogP contribution in [-0.4, -0.2) is 16.8 Å². The number of carbonyl (C=O) groups is 1. The van der Waals surface area contributed by atoms with Gasteiger partial charge in [-0.3, -0.25) is 0 Å². The van der Waals surface area contributed by atoms with E-state index in [0.29, 0.717) is 12.4 Å². The molecular weight excluding hydrogens is 278 g/mol. The van der Waals surface area contributed by atoms with Crippen molar-refractivity contribution >= 4 is 11.7 Å². The van der Waals surface area contributed by atoms with Gasteiger partial charge in [-0.25, -0.2) is 9.79 Å². The Labute approximate surface area is 128 Å². The second kappa shape index (κ2) is 6.26. The number of allylic oxidation sites excluding steroid dienone is 1. The molecule has 0 amide bonds. The van der Waals surface area contributed by atoms with Crippen LogP contribution in [0.15, 0.2) is 71.5 Å². The van der Waals surface area contributed by atoms with Gasteiger partial charge in [0.25, 0.3) is 0 Å². The highest BCUT2D eigenvalue weighted by molar-refractivity contribution is 6.36. The average Bonchev–Trinajstić information content (AvgIpc) is 3.04. The molecule has 0 spiro atoms. The van der Waals surface area contributed by atoms with Gasteiger partial charge in [0, 0.05) is 0 Å². The normalized spacial score (nSPS) is 13.5. The predicted molar refractivity (Wildman–Crippen MR) is 84.4 cm³/mol. The molecule has 4 nitrogen and oxygen atoms in total. The molecule has 3 rings (SSSR count). The standard InChI is InChI=1S/C18H15NO3/c20-18(21)17-10-16(11-19-17)22-12-13-6-8-15(9-7-13)14-4-2-1-3-5-14/h1-9,11H,10,12H2,(H,20,21). The minimum atomic E-state index is -0.998. The van der Waals surface area contributed by atoms with E-state index in [1.807, 2.05) is 30.3 Å². The first-order chi connectivity index (χ1) is 10.7. The third-order valence-corrected chi connectivity index (χ3v) is 3.44. The van der Waals surface area contributed by atoms with Crippen molar-refractivity contribution in [1.29, 1.82) is 0 Å². The lowest BCUT2D eigenvalue weighted by atomic mass is 10.0. The highest BCUT2D eigenvalue weighted by atomic mass is 16.5. The van der Waals surface area contributed by atoms with Crippen molar-refractivity contribution in [2.45, 2.75) is 13.0 Å². The molecule has 0 atom stereocenters. The highest BCUT2D eigenvalue weighted by Gasteiger charge is 2.17. The van der Waals surface area contributed by atoms with Gasteiger partial charge in [0.2, 0.25) is 0 Å². The molecule has 1 heterocycles. The second-order valence-corrected chi connectivity index (χ2v) is 5.00. The Kier molecular flexibility index (Phi) is 4.01. The van der Waals surface area contributed by atoms with Crippen LogP contribution in [0, 0.1) is 0 Å². The number of hydrogen-bond donors (Lipinski definition) is 1. The lowest BCUT2D eigenvalue weighted by Crippen LogP contribution is -2.11. The van der Waals surface area contributed by atoms with Crippen LogP contribution in [0.3, 0.4) is 0 Å². The number of aliphatic imine (C=N–C) groups is 1. The van der Waals surface area contributed by atoms with Gasteiger partial charge >= 0.3 is 5.97 Å². The first kappa shape index (κ1) is 14.1. The minimum absolute atomic E-state index is 0.120. The van der Waals surface area contributed by atoms with Crippen LogP contribution in [-0.2, 0) is 16.1 Å². The van der Waals surface area contributed by atoms with Crippen molar-refractivity contribution in [3.8, 4) is 11.1 Å². The first-order valence-corrected chi connectivity index (χ1v) is 6.98. The van der Waals surface area contributed by atoms with Crippen LogP contribution in [0.25, 0.3) is 11.1 Å². The molecule has 0 aromatic heterocycles. The third-order valence-electron chi connectivity index (χ3n) is 3.44. The van der Waals surface area contributed by atoms with E-state index >= 15 is 0 Å². The zero-order valence-corrected chi connectivity index (χ0v) is 11.9. The van der Waals surface area contributed by atoms with E-state index in [1.165, 1.54) is 11.8 Å². The average molecular weight is 293 g/mol. The Balaban J connectivity index is 1.58. The summed E-state index contributed by atoms with van der Waals surface area (Å²) in [7, 11) is 0. The van der Waals surface area contributed by atoms with Crippen LogP contribution >= 0.6 is 0 Å². The van der Waals surface area contributed by atoms with Crippen LogP contribution < -0.4 is 0 Å². The summed E-state index contributed by atoms with van der Waals surface area (Å²) >= 11 is 0. The van der Waals surface area contributed by atoms with Crippen LogP contribution in [0.2, 0.25) is 0 Å². The van der Waals surface area contributed by atoms with Crippen LogP contribution in [0.1, 0.15) is 12.0 Å². The monoisotopic (exact) mass is 293 g/mol. The number of rotatable bonds is 5. The van der Waals surface area contributed by atoms with Gasteiger partial charge in [-0.05, 0) is 16.7 Å². The number of ether oxygens (including phenoxy) is 1. The Morgan fingerprint density at radius 2 is 1.73 bits per heavy atom. The molecule has 22 heavy (non-hydrogen) atoms. The maximum absolute atomic E-state index is 10.8. The Morgan fingerprint density at radius 3 is 2.36 bits per heavy atom. The molecule has 1 aliphatic rings. The summed E-state index contributed by atoms with van der Waals surface area (Å²) in [5, 5.41) is 8.84. The summed E-state index contributed by atoms with van der Waals surface area (Å²) in [6.07, 6.45) is 1.72. The van der Waals surface area contributed by atoms with Crippen molar-refractivity contribution in [1.82, 2.24) is 0 Å². The van der Waals surface area contributed by atoms with E-state index in [0.717, 1.165) is 11.1 Å². The summed E-state index contributed by atoms with van der Waals surface area (Å²) < 4.78 is 5.60. The Morgan fingerprint density at radius 1 is 1.05 bits per heavy atom. The van der Waals surface area contributed by atoms with Crippen LogP contribution in [0.4, 0.5) is 0 Å². The summed E-state index contributed by atoms with van der Waals surface area (Å²) in [4.78, 5) is 14.6. The van der Waals surface area contributed by atoms with E-state index < -0.39 is 5.97 Å². The number of hydrogen-bond acceptors (Lipinski definition) is 3. The van der Waals surface area contributed by atoms with Gasteiger partial charge in [-0.15, -0.1) is 0 Å². The molecule has 0 unspecified atom stereocenters. The number of carboxylic acids is 1. The molecule has 4 heteroatoms. The number of benzene rings is 2. The Hall–Kier alpha value is -2.88. The highest BCUT2D eigenvalue weighted by Crippen LogP contribution is 2.21. The minimum Gasteiger partial charge on any atom is -0.491 e. The number of aliphatic carboxylic acids is 1. The topological polar surface area (TPSA) is 58.9 Å². The third kappa shape index (κ3) is 3.23. The zero-order chi connectivity index (χ0) is 15.4. The lowest BCUT2D eigenvalue weighted by Gasteiger charge is -2.08. The lowest BCUT2D eigenvalue weighted by molar-refractivity contribution is -0.129. The van der Waals surface area contributed by atoms with Gasteiger partial charge in [0.05, 0.1) is 12.6 Å². The fourth-order valence-electron chi connectivity index (χ4n) is 2.23. The quantitative estimate of drug-likeness (QED) is 0.915. The van der Waals surface area contributed by atoms with E-state index in [1.54, 1.807) is 0 Å². The SMILES string of the molecule is O=C(O)C1=NC=C(OCc2ccc(-c3ccccc3)cc2)C1. The molecule has 0 fully saturated rings. The second-order valence-electron chi connectivity index (χ2n) is 5.00. The van der Waals surface area contributed by atoms with Crippen molar-refractivity contribution in [3.05, 3.63) is 72.1 Å². The van der Waals surface area contributed by atoms with E-state index in [4.69, 9.17) is 9.84 Å². The molecule has 0 saturated carbocycles. The van der Waals surface area contributed by atoms with E-state index in [2.05, 4.69) is 29.3 Å². The molecule has 0 bridgehead atoms. The molecule has 1 N–H and O–H groups in total. The molecule has 1 aliphatic heterocycles. The van der Waals surface area contributed by atoms with Crippen molar-refractivity contribution in [3.63, 3.8) is 0 Å². The van der Waals surface area contributed by atoms with Crippen LogP contribution in [0.5, 0.6) is 0 Å². The van der Waals surface area contributed by atoms with Gasteiger partial charge in [-0.2, -0.15) is 0 Å². The first-order valence-electron chi connectivity index (χ1n) is 6.98. The van der Waals surface area contributed by atoms with E-state index in [-0.39, 0.29) is 12.1 Å². The summed E-state index contributed by atoms with van der Waals surface area (Å²) in [5.41, 5.74) is 3.48. The van der Waals surface area contributed by atoms with E-state index in [9.17, 15) is 4.79 Å². The molecular formula is C18H15NO3. The predicted octanol–water partition coefficient (Wildman–Crippen LogP) is 3.64. The van der Waals surface area contributed by atoms with Gasteiger partial charge in [0.15, 0.2) is 0 Å².